The van der Waals surface area contributed by atoms with Crippen LogP contribution in [-0.4, -0.2) is 58.9 Å². The lowest BCUT2D eigenvalue weighted by Gasteiger charge is -2.18. The number of benzene rings is 2. The molecule has 0 fully saturated rings. The second-order valence-electron chi connectivity index (χ2n) is 10.7. The predicted octanol–water partition coefficient (Wildman–Crippen LogP) is 5.53. The monoisotopic (exact) mass is 689 g/mol. The van der Waals surface area contributed by atoms with Crippen LogP contribution in [0, 0.1) is 0 Å². The smallest absolute Gasteiger partial charge is 0.338 e. The molecule has 6 rings (SSSR count). The van der Waals surface area contributed by atoms with Crippen molar-refractivity contribution in [2.75, 3.05) is 7.11 Å². The lowest BCUT2D eigenvalue weighted by molar-refractivity contribution is -0.133. The maximum absolute atomic E-state index is 13.4. The van der Waals surface area contributed by atoms with Crippen LogP contribution in [0.1, 0.15) is 34.3 Å². The molecule has 1 atom stereocenters. The molecule has 0 radical (unpaired) electrons. The Balaban J connectivity index is 1.32. The van der Waals surface area contributed by atoms with E-state index in [9.17, 15) is 9.59 Å². The number of aryl methyl sites for hydroxylation is 1. The number of nitrogens with one attached hydrogen (secondary N) is 2. The Labute approximate surface area is 283 Å². The third-order valence-corrected chi connectivity index (χ3v) is 8.25. The highest BCUT2D eigenvalue weighted by Gasteiger charge is 2.26. The van der Waals surface area contributed by atoms with Gasteiger partial charge in [0.1, 0.15) is 23.0 Å². The highest BCUT2D eigenvalue weighted by molar-refractivity contribution is 6.32. The van der Waals surface area contributed by atoms with Crippen LogP contribution >= 0.6 is 34.8 Å². The summed E-state index contributed by atoms with van der Waals surface area (Å²) in [6.45, 7) is 4.02. The molecule has 1 aliphatic rings. The summed E-state index contributed by atoms with van der Waals surface area (Å²) < 4.78 is 8.06. The Morgan fingerprint density at radius 3 is 2.74 bits per heavy atom. The summed E-state index contributed by atoms with van der Waals surface area (Å²) in [4.78, 5) is 33.8. The molecule has 0 bridgehead atoms. The number of fused-ring (bicyclic) bond motifs is 1. The first-order valence-corrected chi connectivity index (χ1v) is 15.3. The average molecular weight is 691 g/mol. The molecule has 0 unspecified atom stereocenters. The van der Waals surface area contributed by atoms with Crippen LogP contribution in [0.4, 0.5) is 0 Å². The number of hydrogen-bond acceptors (Lipinski definition) is 8. The van der Waals surface area contributed by atoms with Gasteiger partial charge in [0.15, 0.2) is 0 Å². The number of ether oxygens (including phenoxy) is 1. The fourth-order valence-electron chi connectivity index (χ4n) is 5.29. The number of allylic oxidation sites excluding steroid dienone is 2. The lowest BCUT2D eigenvalue weighted by atomic mass is 9.87. The van der Waals surface area contributed by atoms with Gasteiger partial charge in [0.25, 0.3) is 0 Å². The van der Waals surface area contributed by atoms with Gasteiger partial charge in [-0.05, 0) is 70.0 Å². The van der Waals surface area contributed by atoms with Gasteiger partial charge in [-0.3, -0.25) is 9.48 Å². The van der Waals surface area contributed by atoms with Crippen LogP contribution in [-0.2, 0) is 34.2 Å². The topological polar surface area (TPSA) is 145 Å². The van der Waals surface area contributed by atoms with E-state index in [0.29, 0.717) is 61.6 Å². The number of H-pyrrole nitrogens is 1. The first-order valence-electron chi connectivity index (χ1n) is 14.2. The van der Waals surface area contributed by atoms with Gasteiger partial charge in [0.2, 0.25) is 5.91 Å². The molecule has 15 heteroatoms. The van der Waals surface area contributed by atoms with Crippen LogP contribution in [0.15, 0.2) is 73.2 Å². The number of rotatable bonds is 9. The maximum atomic E-state index is 13.4. The Bertz CT molecular complexity index is 2080. The van der Waals surface area contributed by atoms with Crippen molar-refractivity contribution in [1.29, 1.82) is 0 Å². The second-order valence-corrected chi connectivity index (χ2v) is 11.9. The van der Waals surface area contributed by atoms with Gasteiger partial charge >= 0.3 is 5.97 Å². The van der Waals surface area contributed by atoms with Crippen LogP contribution < -0.4 is 5.32 Å². The summed E-state index contributed by atoms with van der Waals surface area (Å²) >= 11 is 19.4. The Morgan fingerprint density at radius 1 is 1.19 bits per heavy atom. The first kappa shape index (κ1) is 31.9. The minimum absolute atomic E-state index is 0.205. The fraction of sp³-hybridized carbons (Fsp3) is 0.156. The minimum atomic E-state index is -0.712. The second kappa shape index (κ2) is 13.4. The van der Waals surface area contributed by atoms with Crippen LogP contribution in [0.5, 0.6) is 0 Å². The van der Waals surface area contributed by atoms with E-state index in [0.717, 1.165) is 11.1 Å². The lowest BCUT2D eigenvalue weighted by Crippen LogP contribution is -2.29. The molecule has 0 aliphatic heterocycles. The van der Waals surface area contributed by atoms with Gasteiger partial charge < -0.3 is 15.0 Å². The molecule has 0 saturated carbocycles. The first-order chi connectivity index (χ1) is 22.6. The molecular formula is C32H26Cl3N9O3. The molecule has 2 aromatic carbocycles. The molecule has 3 heterocycles. The van der Waals surface area contributed by atoms with E-state index in [4.69, 9.17) is 44.5 Å². The molecular weight excluding hydrogens is 665 g/mol. The summed E-state index contributed by atoms with van der Waals surface area (Å²) in [6.07, 6.45) is 8.61. The molecule has 5 aromatic rings. The Kier molecular flexibility index (Phi) is 9.08. The van der Waals surface area contributed by atoms with E-state index in [-0.39, 0.29) is 11.6 Å². The summed E-state index contributed by atoms with van der Waals surface area (Å²) in [7, 11) is 3.09. The largest absolute Gasteiger partial charge is 0.465 e. The molecule has 238 valence electrons. The maximum Gasteiger partial charge on any atom is 0.338 e. The van der Waals surface area contributed by atoms with Crippen LogP contribution in [0.3, 0.4) is 0 Å². The molecule has 1 aliphatic carbocycles. The molecule has 0 saturated heterocycles. The van der Waals surface area contributed by atoms with E-state index in [1.165, 1.54) is 24.2 Å². The molecule has 0 spiro atoms. The van der Waals surface area contributed by atoms with Gasteiger partial charge in [0.05, 0.1) is 35.1 Å². The van der Waals surface area contributed by atoms with Crippen molar-refractivity contribution in [3.8, 4) is 16.9 Å². The van der Waals surface area contributed by atoms with Gasteiger partial charge in [0, 0.05) is 41.9 Å². The zero-order chi connectivity index (χ0) is 33.2. The summed E-state index contributed by atoms with van der Waals surface area (Å²) in [5.41, 5.74) is 5.73. The molecule has 1 amide bonds. The van der Waals surface area contributed by atoms with Crippen molar-refractivity contribution >= 4 is 58.3 Å². The van der Waals surface area contributed by atoms with Crippen molar-refractivity contribution in [1.82, 2.24) is 45.3 Å². The number of aromatic amines is 1. The Morgan fingerprint density at radius 2 is 2.02 bits per heavy atom. The van der Waals surface area contributed by atoms with Crippen molar-refractivity contribution in [3.63, 3.8) is 0 Å². The number of aromatic nitrogens is 8. The number of amides is 1. The van der Waals surface area contributed by atoms with Gasteiger partial charge in [-0.15, -0.1) is 5.10 Å². The third kappa shape index (κ3) is 6.89. The normalized spacial score (nSPS) is 13.4. The number of carbonyl (C=O) groups excluding carboxylic acids is 2. The summed E-state index contributed by atoms with van der Waals surface area (Å²) in [5, 5.41) is 19.9. The van der Waals surface area contributed by atoms with Gasteiger partial charge in [-0.1, -0.05) is 53.5 Å². The number of hydrogen-bond donors (Lipinski definition) is 2. The van der Waals surface area contributed by atoms with Crippen LogP contribution in [0.25, 0.3) is 28.6 Å². The number of halogens is 3. The third-order valence-electron chi connectivity index (χ3n) is 7.42. The molecule has 12 nitrogen and oxygen atoms in total. The summed E-state index contributed by atoms with van der Waals surface area (Å²) in [5.74, 6) is -0.523. The number of tetrazole rings is 1. The van der Waals surface area contributed by atoms with E-state index < -0.39 is 17.9 Å². The van der Waals surface area contributed by atoms with Gasteiger partial charge in [-0.2, -0.15) is 9.78 Å². The van der Waals surface area contributed by atoms with Crippen molar-refractivity contribution in [2.45, 2.75) is 18.9 Å². The van der Waals surface area contributed by atoms with E-state index >= 15 is 0 Å². The molecule has 2 N–H and O–H groups in total. The minimum Gasteiger partial charge on any atom is -0.465 e. The number of carbonyl (C=O) groups is 2. The zero-order valence-corrected chi connectivity index (χ0v) is 27.3. The Hall–Kier alpha value is -5.04. The van der Waals surface area contributed by atoms with Crippen molar-refractivity contribution in [3.05, 3.63) is 117 Å². The molecule has 3 aromatic heterocycles. The van der Waals surface area contributed by atoms with E-state index in [1.807, 2.05) is 18.2 Å². The van der Waals surface area contributed by atoms with Gasteiger partial charge in [-0.25, -0.2) is 9.78 Å². The van der Waals surface area contributed by atoms with E-state index in [1.54, 1.807) is 48.3 Å². The number of esters is 1. The molecule has 47 heavy (non-hydrogen) atoms. The highest BCUT2D eigenvalue weighted by atomic mass is 35.5. The number of methoxy groups -OCH3 is 1. The zero-order valence-electron chi connectivity index (χ0n) is 25.0. The van der Waals surface area contributed by atoms with Crippen LogP contribution in [0.2, 0.25) is 15.2 Å². The average Bonchev–Trinajstić information content (AvgIpc) is 3.79. The van der Waals surface area contributed by atoms with E-state index in [2.05, 4.69) is 37.5 Å². The standard InChI is InChI=1S/C32H26Cl3N9O3/c1-17-10-18-4-5-20(13-22(18)23(11-17)32(46)47-3)29-30(35)39-31(38-29)26(14-25-24(34)15-43(2)40-25)37-28(45)9-6-19-12-21(33)7-8-27(19)44-16-36-41-42-44/h4-9,11-13,15-16,26H,1,10,14H2,2-3H3,(H,37,45)(H,38,39)/b9-6+/t26-/m0/s1. The SMILES string of the molecule is C=C1C=C(C(=O)OC)c2cc(-c3nc([C@H](Cc4nn(C)cc4Cl)NC(=O)/C=C/c4cc(Cl)ccc4-n4cnnn4)[nH]c3Cl)ccc2C1. The summed E-state index contributed by atoms with van der Waals surface area (Å²) in [6, 6.07) is 10.1. The number of nitrogens with zero attached hydrogens (tertiary/aromatic N) is 7. The van der Waals surface area contributed by atoms with Crippen molar-refractivity contribution in [2.24, 2.45) is 7.05 Å². The number of imidazole rings is 1. The predicted molar refractivity (Wildman–Crippen MR) is 178 cm³/mol. The fourth-order valence-corrected chi connectivity index (χ4v) is 5.97. The van der Waals surface area contributed by atoms with Crippen molar-refractivity contribution < 1.29 is 14.3 Å². The quantitative estimate of drug-likeness (QED) is 0.152. The highest BCUT2D eigenvalue weighted by Crippen LogP contribution is 2.35.